The minimum atomic E-state index is -3.79. The van der Waals surface area contributed by atoms with Crippen molar-refractivity contribution in [2.24, 2.45) is 5.14 Å². The van der Waals surface area contributed by atoms with Gasteiger partial charge in [-0.15, -0.1) is 10.2 Å². The van der Waals surface area contributed by atoms with Gasteiger partial charge in [-0.1, -0.05) is 0 Å². The average molecular weight is 484 g/mol. The van der Waals surface area contributed by atoms with Crippen molar-refractivity contribution in [3.8, 4) is 22.8 Å². The first-order valence-electron chi connectivity index (χ1n) is 10.5. The summed E-state index contributed by atoms with van der Waals surface area (Å²) in [6.45, 7) is 2.20. The number of carbonyl (C=O) groups excluding carboxylic acids is 1. The predicted molar refractivity (Wildman–Crippen MR) is 127 cm³/mol. The molecule has 2 heterocycles. The molecule has 11 heteroatoms. The Morgan fingerprint density at radius 1 is 0.912 bits per heavy atom. The Morgan fingerprint density at radius 2 is 1.62 bits per heavy atom. The number of primary sulfonamides is 1. The van der Waals surface area contributed by atoms with Gasteiger partial charge in [0.1, 0.15) is 11.5 Å². The van der Waals surface area contributed by atoms with Gasteiger partial charge in [-0.2, -0.15) is 0 Å². The Morgan fingerprint density at radius 3 is 2.18 bits per heavy atom. The van der Waals surface area contributed by atoms with Gasteiger partial charge in [0.15, 0.2) is 5.82 Å². The smallest absolute Gasteiger partial charge is 0.253 e. The summed E-state index contributed by atoms with van der Waals surface area (Å²) < 4.78 is 33.5. The fraction of sp³-hybridized carbons (Fsp3) is 0.261. The van der Waals surface area contributed by atoms with Gasteiger partial charge < -0.3 is 19.3 Å². The lowest BCUT2D eigenvalue weighted by Crippen LogP contribution is -2.49. The lowest BCUT2D eigenvalue weighted by molar-refractivity contribution is 0.0746. The summed E-state index contributed by atoms with van der Waals surface area (Å²) in [6.07, 6.45) is 0. The largest absolute Gasteiger partial charge is 0.497 e. The highest BCUT2D eigenvalue weighted by atomic mass is 32.2. The van der Waals surface area contributed by atoms with E-state index >= 15 is 0 Å². The van der Waals surface area contributed by atoms with E-state index in [0.29, 0.717) is 48.9 Å². The zero-order valence-corrected chi connectivity index (χ0v) is 19.7. The number of amides is 1. The maximum absolute atomic E-state index is 12.8. The van der Waals surface area contributed by atoms with Gasteiger partial charge in [-0.25, -0.2) is 13.6 Å². The van der Waals surface area contributed by atoms with Gasteiger partial charge >= 0.3 is 0 Å². The summed E-state index contributed by atoms with van der Waals surface area (Å²) >= 11 is 0. The van der Waals surface area contributed by atoms with E-state index in [1.54, 1.807) is 19.1 Å². The third-order valence-corrected chi connectivity index (χ3v) is 6.58. The highest BCUT2D eigenvalue weighted by molar-refractivity contribution is 7.89. The predicted octanol–water partition coefficient (Wildman–Crippen LogP) is 1.77. The minimum absolute atomic E-state index is 0.0255. The number of hydrogen-bond acceptors (Lipinski definition) is 8. The lowest BCUT2D eigenvalue weighted by Gasteiger charge is -2.35. The van der Waals surface area contributed by atoms with Crippen LogP contribution in [-0.2, 0) is 10.0 Å². The fourth-order valence-electron chi connectivity index (χ4n) is 3.76. The second-order valence-electron chi connectivity index (χ2n) is 7.69. The number of ether oxygens (including phenoxy) is 2. The molecule has 1 fully saturated rings. The first-order valence-corrected chi connectivity index (χ1v) is 12.1. The molecule has 1 amide bonds. The molecule has 178 valence electrons. The Kier molecular flexibility index (Phi) is 6.66. The number of nitrogens with zero attached hydrogens (tertiary/aromatic N) is 4. The minimum Gasteiger partial charge on any atom is -0.497 e. The van der Waals surface area contributed by atoms with E-state index in [4.69, 9.17) is 14.6 Å². The molecular weight excluding hydrogens is 458 g/mol. The Balaban J connectivity index is 1.41. The number of anilines is 1. The van der Waals surface area contributed by atoms with Gasteiger partial charge in [-0.3, -0.25) is 4.79 Å². The van der Waals surface area contributed by atoms with E-state index in [1.165, 1.54) is 24.3 Å². The van der Waals surface area contributed by atoms with Crippen molar-refractivity contribution in [2.45, 2.75) is 4.90 Å². The molecule has 1 aromatic heterocycles. The maximum Gasteiger partial charge on any atom is 0.253 e. The SMILES string of the molecule is COc1ccc(OC)c(-c2ccc(N3CCN(C(=O)c4ccc(S(N)(=O)=O)cc4)CC3)nn2)c1. The first-order chi connectivity index (χ1) is 16.3. The molecular formula is C23H25N5O5S. The van der Waals surface area contributed by atoms with Crippen molar-refractivity contribution in [2.75, 3.05) is 45.3 Å². The number of carbonyl (C=O) groups is 1. The van der Waals surface area contributed by atoms with Crippen molar-refractivity contribution >= 4 is 21.7 Å². The molecule has 34 heavy (non-hydrogen) atoms. The fourth-order valence-corrected chi connectivity index (χ4v) is 4.28. The molecule has 1 aliphatic heterocycles. The number of hydrogen-bond donors (Lipinski definition) is 1. The number of aromatic nitrogens is 2. The van der Waals surface area contributed by atoms with E-state index < -0.39 is 10.0 Å². The number of piperazine rings is 1. The van der Waals surface area contributed by atoms with Gasteiger partial charge in [0.2, 0.25) is 10.0 Å². The Bertz CT molecular complexity index is 1270. The molecule has 4 rings (SSSR count). The lowest BCUT2D eigenvalue weighted by atomic mass is 10.1. The molecule has 0 aliphatic carbocycles. The molecule has 10 nitrogen and oxygen atoms in total. The van der Waals surface area contributed by atoms with E-state index in [0.717, 1.165) is 11.4 Å². The molecule has 0 bridgehead atoms. The molecule has 0 spiro atoms. The van der Waals surface area contributed by atoms with Crippen LogP contribution in [0, 0.1) is 0 Å². The average Bonchev–Trinajstić information content (AvgIpc) is 2.87. The van der Waals surface area contributed by atoms with E-state index in [2.05, 4.69) is 15.1 Å². The molecule has 3 aromatic rings. The van der Waals surface area contributed by atoms with Crippen LogP contribution in [0.4, 0.5) is 5.82 Å². The normalized spacial score (nSPS) is 14.1. The summed E-state index contributed by atoms with van der Waals surface area (Å²) in [7, 11) is -0.593. The van der Waals surface area contributed by atoms with Gasteiger partial charge in [0.25, 0.3) is 5.91 Å². The molecule has 2 aromatic carbocycles. The third kappa shape index (κ3) is 4.95. The topological polar surface area (TPSA) is 128 Å². The molecule has 0 unspecified atom stereocenters. The van der Waals surface area contributed by atoms with Crippen LogP contribution in [0.25, 0.3) is 11.3 Å². The molecule has 0 radical (unpaired) electrons. The van der Waals surface area contributed by atoms with E-state index in [9.17, 15) is 13.2 Å². The van der Waals surface area contributed by atoms with Crippen LogP contribution < -0.4 is 19.5 Å². The summed E-state index contributed by atoms with van der Waals surface area (Å²) in [4.78, 5) is 16.6. The van der Waals surface area contributed by atoms with Crippen LogP contribution >= 0.6 is 0 Å². The zero-order chi connectivity index (χ0) is 24.3. The number of nitrogens with two attached hydrogens (primary N) is 1. The maximum atomic E-state index is 12.8. The second kappa shape index (κ2) is 9.65. The summed E-state index contributed by atoms with van der Waals surface area (Å²) in [6, 6.07) is 14.9. The zero-order valence-electron chi connectivity index (χ0n) is 18.8. The highest BCUT2D eigenvalue weighted by Crippen LogP contribution is 2.32. The van der Waals surface area contributed by atoms with E-state index in [1.807, 2.05) is 30.3 Å². The van der Waals surface area contributed by atoms with Crippen LogP contribution in [0.2, 0.25) is 0 Å². The van der Waals surface area contributed by atoms with Crippen LogP contribution in [0.15, 0.2) is 59.5 Å². The van der Waals surface area contributed by atoms with Gasteiger partial charge in [0.05, 0.1) is 24.8 Å². The van der Waals surface area contributed by atoms with Gasteiger partial charge in [-0.05, 0) is 54.6 Å². The number of sulfonamides is 1. The van der Waals surface area contributed by atoms with Crippen LogP contribution in [0.3, 0.4) is 0 Å². The van der Waals surface area contributed by atoms with Crippen LogP contribution in [0.5, 0.6) is 11.5 Å². The highest BCUT2D eigenvalue weighted by Gasteiger charge is 2.23. The Hall–Kier alpha value is -3.70. The van der Waals surface area contributed by atoms with Crippen LogP contribution in [0.1, 0.15) is 10.4 Å². The van der Waals surface area contributed by atoms with Crippen molar-refractivity contribution < 1.29 is 22.7 Å². The van der Waals surface area contributed by atoms with E-state index in [-0.39, 0.29) is 10.8 Å². The van der Waals surface area contributed by atoms with Crippen molar-refractivity contribution in [3.05, 3.63) is 60.2 Å². The molecule has 2 N–H and O–H groups in total. The van der Waals surface area contributed by atoms with Crippen molar-refractivity contribution in [1.29, 1.82) is 0 Å². The first kappa shape index (κ1) is 23.5. The van der Waals surface area contributed by atoms with Gasteiger partial charge in [0, 0.05) is 37.3 Å². The third-order valence-electron chi connectivity index (χ3n) is 5.65. The summed E-state index contributed by atoms with van der Waals surface area (Å²) in [5.41, 5.74) is 1.86. The number of benzene rings is 2. The van der Waals surface area contributed by atoms with Crippen molar-refractivity contribution in [3.63, 3.8) is 0 Å². The summed E-state index contributed by atoms with van der Waals surface area (Å²) in [5.74, 6) is 1.93. The second-order valence-corrected chi connectivity index (χ2v) is 9.25. The monoisotopic (exact) mass is 483 g/mol. The number of methoxy groups -OCH3 is 2. The number of rotatable bonds is 6. The molecule has 0 atom stereocenters. The Labute approximate surface area is 198 Å². The molecule has 1 saturated heterocycles. The van der Waals surface area contributed by atoms with Crippen LogP contribution in [-0.4, -0.2) is 69.8 Å². The molecule has 1 aliphatic rings. The molecule has 0 saturated carbocycles. The standard InChI is InChI=1S/C23H25N5O5S/c1-32-17-5-9-21(33-2)19(15-17)20-8-10-22(26-25-20)27-11-13-28(14-12-27)23(29)16-3-6-18(7-4-16)34(24,30)31/h3-10,15H,11-14H2,1-2H3,(H2,24,30,31). The van der Waals surface area contributed by atoms with Crippen molar-refractivity contribution in [1.82, 2.24) is 15.1 Å². The summed E-state index contributed by atoms with van der Waals surface area (Å²) in [5, 5.41) is 13.9. The quantitative estimate of drug-likeness (QED) is 0.562.